The summed E-state index contributed by atoms with van der Waals surface area (Å²) in [5.41, 5.74) is 1.84. The Morgan fingerprint density at radius 2 is 2.25 bits per heavy atom. The maximum absolute atomic E-state index is 11.4. The summed E-state index contributed by atoms with van der Waals surface area (Å²) < 4.78 is 5.09. The average Bonchev–Trinajstić information content (AvgIpc) is 2.46. The van der Waals surface area contributed by atoms with E-state index in [2.05, 4.69) is 10.5 Å². The molecule has 1 aromatic rings. The minimum atomic E-state index is -0.0786. The first-order valence-corrected chi connectivity index (χ1v) is 4.94. The highest BCUT2D eigenvalue weighted by Gasteiger charge is 2.18. The fourth-order valence-corrected chi connectivity index (χ4v) is 1.68. The van der Waals surface area contributed by atoms with Crippen LogP contribution in [0.4, 0.5) is 5.69 Å². The van der Waals surface area contributed by atoms with Gasteiger partial charge in [-0.15, -0.1) is 0 Å². The molecule has 0 aromatic heterocycles. The highest BCUT2D eigenvalue weighted by molar-refractivity contribution is 6.11. The van der Waals surface area contributed by atoms with Gasteiger partial charge in [0.15, 0.2) is 0 Å². The molecule has 1 amide bonds. The summed E-state index contributed by atoms with van der Waals surface area (Å²) in [6.45, 7) is 0. The number of nitrogens with one attached hydrogen (secondary N) is 1. The van der Waals surface area contributed by atoms with Crippen LogP contribution >= 0.6 is 0 Å². The molecule has 0 atom stereocenters. The Labute approximate surface area is 92.7 Å². The van der Waals surface area contributed by atoms with Crippen LogP contribution in [0.5, 0.6) is 5.75 Å². The molecule has 0 fully saturated rings. The molecule has 2 rings (SSSR count). The molecule has 0 bridgehead atoms. The number of fused-ring (bicyclic) bond motifs is 1. The highest BCUT2D eigenvalue weighted by Crippen LogP contribution is 2.26. The molecular weight excluding hydrogens is 208 g/mol. The predicted octanol–water partition coefficient (Wildman–Crippen LogP) is 1.61. The standard InChI is InChI=1S/C11H12N2O3/c1-16-7-2-3-9-8(6-7)10(13-15)4-5-11(14)12-9/h2-3,6,15H,4-5H2,1H3,(H,12,14). The van der Waals surface area contributed by atoms with E-state index >= 15 is 0 Å². The van der Waals surface area contributed by atoms with Crippen molar-refractivity contribution in [3.63, 3.8) is 0 Å². The van der Waals surface area contributed by atoms with Crippen molar-refractivity contribution < 1.29 is 14.7 Å². The molecule has 1 heterocycles. The van der Waals surface area contributed by atoms with E-state index < -0.39 is 0 Å². The first kappa shape index (κ1) is 10.5. The number of ether oxygens (including phenoxy) is 1. The zero-order valence-electron chi connectivity index (χ0n) is 8.86. The fourth-order valence-electron chi connectivity index (χ4n) is 1.68. The van der Waals surface area contributed by atoms with Crippen molar-refractivity contribution >= 4 is 17.3 Å². The molecule has 0 unspecified atom stereocenters. The maximum Gasteiger partial charge on any atom is 0.224 e. The quantitative estimate of drug-likeness (QED) is 0.558. The van der Waals surface area contributed by atoms with Crippen LogP contribution in [-0.2, 0) is 4.79 Å². The number of amides is 1. The second-order valence-electron chi connectivity index (χ2n) is 3.51. The van der Waals surface area contributed by atoms with Crippen molar-refractivity contribution in [3.8, 4) is 5.75 Å². The Hall–Kier alpha value is -2.04. The SMILES string of the molecule is COc1ccc2c(c1)C(=NO)CCC(=O)N2. The third-order valence-electron chi connectivity index (χ3n) is 2.52. The van der Waals surface area contributed by atoms with E-state index in [0.717, 1.165) is 0 Å². The molecular formula is C11H12N2O3. The van der Waals surface area contributed by atoms with Gasteiger partial charge in [-0.3, -0.25) is 4.79 Å². The number of methoxy groups -OCH3 is 1. The second kappa shape index (κ2) is 4.22. The molecule has 1 aromatic carbocycles. The smallest absolute Gasteiger partial charge is 0.224 e. The highest BCUT2D eigenvalue weighted by atomic mass is 16.5. The van der Waals surface area contributed by atoms with Crippen LogP contribution in [0.15, 0.2) is 23.4 Å². The van der Waals surface area contributed by atoms with Gasteiger partial charge in [0.2, 0.25) is 5.91 Å². The molecule has 0 aliphatic carbocycles. The Morgan fingerprint density at radius 3 is 2.94 bits per heavy atom. The number of hydrogen-bond donors (Lipinski definition) is 2. The van der Waals surface area contributed by atoms with Gasteiger partial charge in [0.1, 0.15) is 5.75 Å². The van der Waals surface area contributed by atoms with Gasteiger partial charge in [-0.25, -0.2) is 0 Å². The number of hydrogen-bond acceptors (Lipinski definition) is 4. The van der Waals surface area contributed by atoms with Gasteiger partial charge in [0.05, 0.1) is 18.5 Å². The van der Waals surface area contributed by atoms with Gasteiger partial charge in [0, 0.05) is 18.4 Å². The largest absolute Gasteiger partial charge is 0.497 e. The number of carbonyl (C=O) groups is 1. The number of nitrogens with zero attached hydrogens (tertiary/aromatic N) is 1. The average molecular weight is 220 g/mol. The molecule has 0 saturated carbocycles. The number of anilines is 1. The van der Waals surface area contributed by atoms with Crippen molar-refractivity contribution in [2.75, 3.05) is 12.4 Å². The monoisotopic (exact) mass is 220 g/mol. The van der Waals surface area contributed by atoms with E-state index in [1.54, 1.807) is 25.3 Å². The van der Waals surface area contributed by atoms with Crippen molar-refractivity contribution in [1.82, 2.24) is 0 Å². The van der Waals surface area contributed by atoms with Crippen molar-refractivity contribution in [2.45, 2.75) is 12.8 Å². The van der Waals surface area contributed by atoms with Crippen molar-refractivity contribution in [3.05, 3.63) is 23.8 Å². The third-order valence-corrected chi connectivity index (χ3v) is 2.52. The molecule has 0 saturated heterocycles. The normalized spacial score (nSPS) is 17.6. The zero-order valence-corrected chi connectivity index (χ0v) is 8.86. The molecule has 2 N–H and O–H groups in total. The van der Waals surface area contributed by atoms with Gasteiger partial charge >= 0.3 is 0 Å². The molecule has 5 heteroatoms. The molecule has 0 radical (unpaired) electrons. The Bertz CT molecular complexity index is 455. The first-order valence-electron chi connectivity index (χ1n) is 4.94. The van der Waals surface area contributed by atoms with E-state index in [4.69, 9.17) is 9.94 Å². The van der Waals surface area contributed by atoms with Crippen LogP contribution in [0.3, 0.4) is 0 Å². The molecule has 1 aliphatic heterocycles. The van der Waals surface area contributed by atoms with E-state index in [9.17, 15) is 4.79 Å². The maximum atomic E-state index is 11.4. The van der Waals surface area contributed by atoms with E-state index in [0.29, 0.717) is 35.6 Å². The Kier molecular flexibility index (Phi) is 2.76. The lowest BCUT2D eigenvalue weighted by atomic mass is 10.1. The summed E-state index contributed by atoms with van der Waals surface area (Å²) in [6.07, 6.45) is 0.735. The van der Waals surface area contributed by atoms with Crippen molar-refractivity contribution in [2.24, 2.45) is 5.16 Å². The minimum Gasteiger partial charge on any atom is -0.497 e. The van der Waals surface area contributed by atoms with Crippen LogP contribution in [0.2, 0.25) is 0 Å². The summed E-state index contributed by atoms with van der Waals surface area (Å²) in [4.78, 5) is 11.4. The van der Waals surface area contributed by atoms with E-state index in [-0.39, 0.29) is 5.91 Å². The molecule has 0 spiro atoms. The van der Waals surface area contributed by atoms with E-state index in [1.165, 1.54) is 0 Å². The fraction of sp³-hybridized carbons (Fsp3) is 0.273. The van der Waals surface area contributed by atoms with Crippen LogP contribution in [0, 0.1) is 0 Å². The Morgan fingerprint density at radius 1 is 1.44 bits per heavy atom. The summed E-state index contributed by atoms with van der Waals surface area (Å²) >= 11 is 0. The minimum absolute atomic E-state index is 0.0786. The van der Waals surface area contributed by atoms with Gasteiger partial charge in [-0.2, -0.15) is 0 Å². The number of oxime groups is 1. The second-order valence-corrected chi connectivity index (χ2v) is 3.51. The van der Waals surface area contributed by atoms with Crippen LogP contribution < -0.4 is 10.1 Å². The molecule has 16 heavy (non-hydrogen) atoms. The number of benzene rings is 1. The molecule has 84 valence electrons. The van der Waals surface area contributed by atoms with Crippen LogP contribution in [-0.4, -0.2) is 23.9 Å². The lowest BCUT2D eigenvalue weighted by molar-refractivity contribution is -0.116. The topological polar surface area (TPSA) is 70.9 Å². The van der Waals surface area contributed by atoms with E-state index in [1.807, 2.05) is 0 Å². The summed E-state index contributed by atoms with van der Waals surface area (Å²) in [5.74, 6) is 0.584. The first-order chi connectivity index (χ1) is 7.74. The predicted molar refractivity (Wildman–Crippen MR) is 59.2 cm³/mol. The van der Waals surface area contributed by atoms with Crippen LogP contribution in [0.25, 0.3) is 0 Å². The summed E-state index contributed by atoms with van der Waals surface area (Å²) in [5, 5.41) is 14.9. The Balaban J connectivity index is 2.52. The molecule has 1 aliphatic rings. The number of rotatable bonds is 1. The molecule has 5 nitrogen and oxygen atoms in total. The lowest BCUT2D eigenvalue weighted by Crippen LogP contribution is -2.09. The third kappa shape index (κ3) is 1.84. The summed E-state index contributed by atoms with van der Waals surface area (Å²) in [6, 6.07) is 5.23. The van der Waals surface area contributed by atoms with Crippen LogP contribution in [0.1, 0.15) is 18.4 Å². The lowest BCUT2D eigenvalue weighted by Gasteiger charge is -2.08. The zero-order chi connectivity index (χ0) is 11.5. The van der Waals surface area contributed by atoms with Crippen molar-refractivity contribution in [1.29, 1.82) is 0 Å². The van der Waals surface area contributed by atoms with Gasteiger partial charge in [-0.05, 0) is 18.2 Å². The number of carbonyl (C=O) groups excluding carboxylic acids is 1. The van der Waals surface area contributed by atoms with Gasteiger partial charge in [-0.1, -0.05) is 5.16 Å². The van der Waals surface area contributed by atoms with Gasteiger partial charge in [0.25, 0.3) is 0 Å². The van der Waals surface area contributed by atoms with Gasteiger partial charge < -0.3 is 15.3 Å². The summed E-state index contributed by atoms with van der Waals surface area (Å²) in [7, 11) is 1.56.